The van der Waals surface area contributed by atoms with E-state index >= 15 is 0 Å². The highest BCUT2D eigenvalue weighted by Crippen LogP contribution is 2.52. The number of nitriles is 1. The van der Waals surface area contributed by atoms with E-state index in [4.69, 9.17) is 15.7 Å². The molecule has 2 aliphatic rings. The Morgan fingerprint density at radius 2 is 2.29 bits per heavy atom. The lowest BCUT2D eigenvalue weighted by Gasteiger charge is -2.36. The van der Waals surface area contributed by atoms with Crippen molar-refractivity contribution in [3.63, 3.8) is 0 Å². The van der Waals surface area contributed by atoms with Crippen LogP contribution < -0.4 is 11.1 Å². The molecule has 1 aromatic carbocycles. The molecule has 0 spiro atoms. The number of halogens is 1. The van der Waals surface area contributed by atoms with Gasteiger partial charge in [0, 0.05) is 36.5 Å². The van der Waals surface area contributed by atoms with Gasteiger partial charge < -0.3 is 15.8 Å². The van der Waals surface area contributed by atoms with Gasteiger partial charge in [-0.3, -0.25) is 9.79 Å². The molecule has 0 aliphatic carbocycles. The lowest BCUT2D eigenvalue weighted by Crippen LogP contribution is -2.38. The predicted octanol–water partition coefficient (Wildman–Crippen LogP) is 2.60. The molecule has 0 radical (unpaired) electrons. The fourth-order valence-corrected chi connectivity index (χ4v) is 4.60. The number of carbonyl (C=O) groups is 1. The number of pyridine rings is 1. The molecule has 9 heteroatoms. The molecule has 4 rings (SSSR count). The number of thioether (sulfide) groups is 1. The molecule has 1 saturated heterocycles. The molecule has 0 unspecified atom stereocenters. The van der Waals surface area contributed by atoms with Crippen molar-refractivity contribution in [1.29, 1.82) is 5.26 Å². The lowest BCUT2D eigenvalue weighted by molar-refractivity contribution is 0.0561. The van der Waals surface area contributed by atoms with Crippen LogP contribution in [0, 0.1) is 23.1 Å². The van der Waals surface area contributed by atoms with Crippen LogP contribution in [0.3, 0.4) is 0 Å². The van der Waals surface area contributed by atoms with Crippen LogP contribution in [-0.2, 0) is 9.67 Å². The second kappa shape index (κ2) is 7.22. The van der Waals surface area contributed by atoms with E-state index in [0.29, 0.717) is 35.1 Å². The number of aromatic nitrogens is 1. The van der Waals surface area contributed by atoms with Gasteiger partial charge in [0.1, 0.15) is 17.6 Å². The molecule has 0 saturated carbocycles. The monoisotopic (exact) mass is 397 g/mol. The fraction of sp³-hybridized carbons (Fsp3) is 0.263. The molecule has 1 aromatic heterocycles. The van der Waals surface area contributed by atoms with Crippen molar-refractivity contribution in [1.82, 2.24) is 4.98 Å². The number of fused-ring (bicyclic) bond motifs is 1. The number of hydrogen-bond acceptors (Lipinski definition) is 7. The quantitative estimate of drug-likeness (QED) is 0.823. The van der Waals surface area contributed by atoms with Crippen LogP contribution >= 0.6 is 11.8 Å². The summed E-state index contributed by atoms with van der Waals surface area (Å²) in [5, 5.41) is 11.9. The number of hydrogen-bond donors (Lipinski definition) is 2. The largest absolute Gasteiger partial charge is 0.378 e. The van der Waals surface area contributed by atoms with E-state index < -0.39 is 16.7 Å². The topological polar surface area (TPSA) is 113 Å². The smallest absolute Gasteiger partial charge is 0.274 e. The highest BCUT2D eigenvalue weighted by molar-refractivity contribution is 8.14. The Kier molecular flexibility index (Phi) is 4.75. The van der Waals surface area contributed by atoms with Crippen molar-refractivity contribution >= 4 is 28.5 Å². The van der Waals surface area contributed by atoms with Crippen LogP contribution in [0.25, 0.3) is 0 Å². The van der Waals surface area contributed by atoms with Crippen LogP contribution in [0.4, 0.5) is 10.1 Å². The van der Waals surface area contributed by atoms with E-state index in [1.54, 1.807) is 6.07 Å². The highest BCUT2D eigenvalue weighted by Gasteiger charge is 2.50. The van der Waals surface area contributed by atoms with Gasteiger partial charge in [-0.25, -0.2) is 9.37 Å². The van der Waals surface area contributed by atoms with Crippen molar-refractivity contribution in [2.45, 2.75) is 11.4 Å². The summed E-state index contributed by atoms with van der Waals surface area (Å²) in [5.41, 5.74) is 7.16. The molecule has 3 heterocycles. The Morgan fingerprint density at radius 3 is 3.04 bits per heavy atom. The molecular formula is C19H16FN5O2S. The Balaban J connectivity index is 1.63. The number of aliphatic imine (C=N–C) groups is 1. The van der Waals surface area contributed by atoms with E-state index in [9.17, 15) is 9.18 Å². The van der Waals surface area contributed by atoms with Crippen LogP contribution in [-0.4, -0.2) is 29.2 Å². The van der Waals surface area contributed by atoms with E-state index in [-0.39, 0.29) is 11.6 Å². The maximum atomic E-state index is 14.7. The first-order valence-electron chi connectivity index (χ1n) is 8.62. The first-order chi connectivity index (χ1) is 13.5. The molecule has 1 amide bonds. The van der Waals surface area contributed by atoms with Crippen molar-refractivity contribution in [3.05, 3.63) is 59.2 Å². The Labute approximate surface area is 164 Å². The number of anilines is 1. The summed E-state index contributed by atoms with van der Waals surface area (Å²) < 4.78 is 20.7. The summed E-state index contributed by atoms with van der Waals surface area (Å²) in [6, 6.07) is 9.26. The van der Waals surface area contributed by atoms with Gasteiger partial charge in [0.2, 0.25) is 0 Å². The maximum Gasteiger partial charge on any atom is 0.274 e. The molecule has 3 N–H and O–H groups in total. The third-order valence-corrected chi connectivity index (χ3v) is 6.08. The fourth-order valence-electron chi connectivity index (χ4n) is 3.38. The van der Waals surface area contributed by atoms with Gasteiger partial charge in [0.15, 0.2) is 10.1 Å². The average molecular weight is 397 g/mol. The van der Waals surface area contributed by atoms with Gasteiger partial charge in [-0.15, -0.1) is 0 Å². The zero-order valence-electron chi connectivity index (χ0n) is 14.7. The molecule has 142 valence electrons. The summed E-state index contributed by atoms with van der Waals surface area (Å²) in [7, 11) is 0. The highest BCUT2D eigenvalue weighted by atomic mass is 32.2. The van der Waals surface area contributed by atoms with Gasteiger partial charge in [-0.1, -0.05) is 0 Å². The van der Waals surface area contributed by atoms with E-state index in [1.165, 1.54) is 42.2 Å². The Hall–Kier alpha value is -2.96. The standard InChI is InChI=1S/C19H16FN5O2S/c20-15-3-2-13(25-17(26)16-4-1-11(8-21)9-23-16)7-14(15)19-12(5-6-27-19)10-24-18(22)28-19/h1-4,7,9,12H,5-6,10H2,(H2,22,24)(H,25,26)/t12-,19-/m1/s1. The van der Waals surface area contributed by atoms with Gasteiger partial charge in [-0.05, 0) is 48.5 Å². The maximum absolute atomic E-state index is 14.7. The van der Waals surface area contributed by atoms with Crippen LogP contribution in [0.5, 0.6) is 0 Å². The summed E-state index contributed by atoms with van der Waals surface area (Å²) in [6.45, 7) is 0.968. The van der Waals surface area contributed by atoms with Crippen molar-refractivity contribution in [2.24, 2.45) is 16.6 Å². The number of amides is 1. The van der Waals surface area contributed by atoms with Crippen LogP contribution in [0.1, 0.15) is 28.0 Å². The summed E-state index contributed by atoms with van der Waals surface area (Å²) >= 11 is 1.21. The first-order valence-corrected chi connectivity index (χ1v) is 9.44. The lowest BCUT2D eigenvalue weighted by atomic mass is 9.93. The molecule has 0 bridgehead atoms. The minimum Gasteiger partial charge on any atom is -0.378 e. The average Bonchev–Trinajstić information content (AvgIpc) is 3.13. The zero-order chi connectivity index (χ0) is 19.7. The number of benzene rings is 1. The van der Waals surface area contributed by atoms with Crippen molar-refractivity contribution < 1.29 is 13.9 Å². The number of rotatable bonds is 3. The van der Waals surface area contributed by atoms with Crippen molar-refractivity contribution in [3.8, 4) is 6.07 Å². The predicted molar refractivity (Wildman–Crippen MR) is 103 cm³/mol. The number of nitrogens with two attached hydrogens (primary N) is 1. The third kappa shape index (κ3) is 3.21. The SMILES string of the molecule is N#Cc1ccc(C(=O)Nc2ccc(F)c([C@@]34OCC[C@@H]3CN=C(N)S4)c2)nc1. The van der Waals surface area contributed by atoms with Gasteiger partial charge >= 0.3 is 0 Å². The summed E-state index contributed by atoms with van der Waals surface area (Å²) in [5.74, 6) is -0.880. The number of carbonyl (C=O) groups excluding carboxylic acids is 1. The first kappa shape index (κ1) is 18.4. The summed E-state index contributed by atoms with van der Waals surface area (Å²) in [4.78, 5) is 19.7. The minimum atomic E-state index is -0.941. The molecule has 2 aromatic rings. The minimum absolute atomic E-state index is 0.00504. The van der Waals surface area contributed by atoms with E-state index in [0.717, 1.165) is 6.42 Å². The summed E-state index contributed by atoms with van der Waals surface area (Å²) in [6.07, 6.45) is 2.08. The van der Waals surface area contributed by atoms with Crippen molar-refractivity contribution in [2.75, 3.05) is 18.5 Å². The number of amidine groups is 1. The zero-order valence-corrected chi connectivity index (χ0v) is 15.5. The van der Waals surface area contributed by atoms with Crippen LogP contribution in [0.15, 0.2) is 41.5 Å². The number of nitrogens with zero attached hydrogens (tertiary/aromatic N) is 3. The molecule has 7 nitrogen and oxygen atoms in total. The molecule has 1 fully saturated rings. The molecular weight excluding hydrogens is 381 g/mol. The van der Waals surface area contributed by atoms with E-state index in [1.807, 2.05) is 6.07 Å². The normalized spacial score (nSPS) is 23.4. The number of nitrogens with one attached hydrogen (secondary N) is 1. The Morgan fingerprint density at radius 1 is 1.43 bits per heavy atom. The second-order valence-electron chi connectivity index (χ2n) is 6.48. The molecule has 2 aliphatic heterocycles. The molecule has 2 atom stereocenters. The third-order valence-electron chi connectivity index (χ3n) is 4.77. The van der Waals surface area contributed by atoms with Gasteiger partial charge in [0.25, 0.3) is 5.91 Å². The Bertz CT molecular complexity index is 1000. The van der Waals surface area contributed by atoms with Crippen LogP contribution in [0.2, 0.25) is 0 Å². The van der Waals surface area contributed by atoms with Gasteiger partial charge in [-0.2, -0.15) is 5.26 Å². The van der Waals surface area contributed by atoms with Gasteiger partial charge in [0.05, 0.1) is 5.56 Å². The second-order valence-corrected chi connectivity index (χ2v) is 7.70. The van der Waals surface area contributed by atoms with E-state index in [2.05, 4.69) is 15.3 Å². The number of ether oxygens (including phenoxy) is 1. The molecule has 28 heavy (non-hydrogen) atoms.